The molecule has 1 saturated carbocycles. The summed E-state index contributed by atoms with van der Waals surface area (Å²) in [7, 11) is 0. The van der Waals surface area contributed by atoms with Gasteiger partial charge in [0.25, 0.3) is 0 Å². The number of carbonyl (C=O) groups excluding carboxylic acids is 1. The zero-order valence-electron chi connectivity index (χ0n) is 11.0. The number of nitrogens with two attached hydrogens (primary N) is 1. The summed E-state index contributed by atoms with van der Waals surface area (Å²) in [4.78, 5) is 12.3. The highest BCUT2D eigenvalue weighted by molar-refractivity contribution is 5.98. The number of carbonyl (C=O) groups is 1. The predicted molar refractivity (Wildman–Crippen MR) is 74.5 cm³/mol. The topological polar surface area (TPSA) is 55.1 Å². The van der Waals surface area contributed by atoms with E-state index in [9.17, 15) is 4.79 Å². The summed E-state index contributed by atoms with van der Waals surface area (Å²) in [6.45, 7) is 2.09. The molecule has 1 aromatic carbocycles. The van der Waals surface area contributed by atoms with E-state index in [1.54, 1.807) is 0 Å². The fourth-order valence-corrected chi connectivity index (χ4v) is 2.61. The first-order valence-corrected chi connectivity index (χ1v) is 6.84. The number of anilines is 1. The molecular formula is C15H22N2O. The lowest BCUT2D eigenvalue weighted by Gasteiger charge is -2.32. The van der Waals surface area contributed by atoms with Gasteiger partial charge in [-0.05, 0) is 30.9 Å². The zero-order chi connectivity index (χ0) is 13.0. The molecule has 0 heterocycles. The summed E-state index contributed by atoms with van der Waals surface area (Å²) in [5.41, 5.74) is 7.62. The Bertz CT molecular complexity index is 422. The van der Waals surface area contributed by atoms with E-state index in [4.69, 9.17) is 5.73 Å². The summed E-state index contributed by atoms with van der Waals surface area (Å²) < 4.78 is 0. The number of para-hydroxylation sites is 1. The van der Waals surface area contributed by atoms with Crippen molar-refractivity contribution in [2.75, 3.05) is 5.32 Å². The van der Waals surface area contributed by atoms with Crippen LogP contribution in [0, 0.1) is 0 Å². The number of rotatable bonds is 3. The highest BCUT2D eigenvalue weighted by Gasteiger charge is 2.35. The molecule has 3 heteroatoms. The lowest BCUT2D eigenvalue weighted by Crippen LogP contribution is -2.52. The number of nitrogens with one attached hydrogen (secondary N) is 1. The Labute approximate surface area is 109 Å². The van der Waals surface area contributed by atoms with Gasteiger partial charge >= 0.3 is 0 Å². The Hall–Kier alpha value is -1.35. The minimum absolute atomic E-state index is 0.0249. The molecule has 98 valence electrons. The van der Waals surface area contributed by atoms with E-state index in [1.807, 2.05) is 24.3 Å². The van der Waals surface area contributed by atoms with E-state index in [-0.39, 0.29) is 5.91 Å². The van der Waals surface area contributed by atoms with Crippen molar-refractivity contribution in [3.63, 3.8) is 0 Å². The average Bonchev–Trinajstić information content (AvgIpc) is 2.40. The zero-order valence-corrected chi connectivity index (χ0v) is 11.0. The van der Waals surface area contributed by atoms with Gasteiger partial charge < -0.3 is 11.1 Å². The molecule has 1 fully saturated rings. The average molecular weight is 246 g/mol. The van der Waals surface area contributed by atoms with Crippen LogP contribution in [0.1, 0.15) is 44.6 Å². The third kappa shape index (κ3) is 2.72. The molecule has 1 aromatic rings. The van der Waals surface area contributed by atoms with Gasteiger partial charge in [-0.2, -0.15) is 0 Å². The fourth-order valence-electron chi connectivity index (χ4n) is 2.61. The molecule has 1 aliphatic carbocycles. The van der Waals surface area contributed by atoms with Crippen LogP contribution in [-0.4, -0.2) is 11.4 Å². The first kappa shape index (κ1) is 13.1. The molecule has 1 amide bonds. The van der Waals surface area contributed by atoms with Crippen LogP contribution in [0.15, 0.2) is 24.3 Å². The van der Waals surface area contributed by atoms with Crippen molar-refractivity contribution in [2.45, 2.75) is 51.0 Å². The van der Waals surface area contributed by atoms with Gasteiger partial charge in [0, 0.05) is 5.69 Å². The number of benzene rings is 1. The van der Waals surface area contributed by atoms with Crippen LogP contribution in [0.3, 0.4) is 0 Å². The first-order chi connectivity index (χ1) is 8.65. The van der Waals surface area contributed by atoms with E-state index in [2.05, 4.69) is 12.2 Å². The van der Waals surface area contributed by atoms with Crippen molar-refractivity contribution in [1.29, 1.82) is 0 Å². The van der Waals surface area contributed by atoms with Gasteiger partial charge in [-0.1, -0.05) is 44.4 Å². The molecule has 0 spiro atoms. The smallest absolute Gasteiger partial charge is 0.244 e. The highest BCUT2D eigenvalue weighted by Crippen LogP contribution is 2.27. The summed E-state index contributed by atoms with van der Waals surface area (Å²) in [5.74, 6) is -0.0249. The molecule has 3 N–H and O–H groups in total. The summed E-state index contributed by atoms with van der Waals surface area (Å²) in [6, 6.07) is 7.93. The van der Waals surface area contributed by atoms with Gasteiger partial charge in [0.15, 0.2) is 0 Å². The van der Waals surface area contributed by atoms with Crippen LogP contribution in [-0.2, 0) is 11.2 Å². The summed E-state index contributed by atoms with van der Waals surface area (Å²) in [5, 5.41) is 3.01. The van der Waals surface area contributed by atoms with Crippen LogP contribution in [0.5, 0.6) is 0 Å². The quantitative estimate of drug-likeness (QED) is 0.861. The second-order valence-corrected chi connectivity index (χ2v) is 5.18. The lowest BCUT2D eigenvalue weighted by atomic mass is 9.82. The third-order valence-corrected chi connectivity index (χ3v) is 3.84. The minimum atomic E-state index is -0.668. The Morgan fingerprint density at radius 2 is 1.94 bits per heavy atom. The summed E-state index contributed by atoms with van der Waals surface area (Å²) >= 11 is 0. The second-order valence-electron chi connectivity index (χ2n) is 5.18. The molecule has 3 nitrogen and oxygen atoms in total. The number of hydrogen-bond acceptors (Lipinski definition) is 2. The van der Waals surface area contributed by atoms with Gasteiger partial charge in [-0.25, -0.2) is 0 Å². The van der Waals surface area contributed by atoms with Crippen LogP contribution < -0.4 is 11.1 Å². The molecule has 2 rings (SSSR count). The van der Waals surface area contributed by atoms with Gasteiger partial charge in [-0.15, -0.1) is 0 Å². The fraction of sp³-hybridized carbons (Fsp3) is 0.533. The van der Waals surface area contributed by atoms with Crippen molar-refractivity contribution in [2.24, 2.45) is 5.73 Å². The van der Waals surface area contributed by atoms with Gasteiger partial charge in [0.05, 0.1) is 5.54 Å². The largest absolute Gasteiger partial charge is 0.324 e. The highest BCUT2D eigenvalue weighted by atomic mass is 16.2. The normalized spacial score (nSPS) is 18.3. The van der Waals surface area contributed by atoms with Crippen molar-refractivity contribution in [1.82, 2.24) is 0 Å². The standard InChI is InChI=1S/C15H22N2O/c1-2-12-8-4-5-9-13(12)17-14(18)15(16)10-6-3-7-11-15/h4-5,8-9H,2-3,6-7,10-11,16H2,1H3,(H,17,18). The molecule has 18 heavy (non-hydrogen) atoms. The van der Waals surface area contributed by atoms with Gasteiger partial charge in [0.2, 0.25) is 5.91 Å². The van der Waals surface area contributed by atoms with Crippen molar-refractivity contribution >= 4 is 11.6 Å². The molecule has 0 aliphatic heterocycles. The first-order valence-electron chi connectivity index (χ1n) is 6.84. The third-order valence-electron chi connectivity index (χ3n) is 3.84. The molecule has 0 atom stereocenters. The van der Waals surface area contributed by atoms with Crippen LogP contribution in [0.25, 0.3) is 0 Å². The maximum atomic E-state index is 12.3. The summed E-state index contributed by atoms with van der Waals surface area (Å²) in [6.07, 6.45) is 5.81. The predicted octanol–water partition coefficient (Wildman–Crippen LogP) is 2.85. The maximum Gasteiger partial charge on any atom is 0.244 e. The Morgan fingerprint density at radius 3 is 2.61 bits per heavy atom. The Balaban J connectivity index is 2.10. The van der Waals surface area contributed by atoms with E-state index in [0.29, 0.717) is 0 Å². The molecular weight excluding hydrogens is 224 g/mol. The molecule has 0 saturated heterocycles. The van der Waals surface area contributed by atoms with Gasteiger partial charge in [0.1, 0.15) is 0 Å². The van der Waals surface area contributed by atoms with E-state index >= 15 is 0 Å². The van der Waals surface area contributed by atoms with Crippen molar-refractivity contribution in [3.8, 4) is 0 Å². The van der Waals surface area contributed by atoms with Crippen LogP contribution in [0.2, 0.25) is 0 Å². The van der Waals surface area contributed by atoms with Crippen molar-refractivity contribution in [3.05, 3.63) is 29.8 Å². The van der Waals surface area contributed by atoms with Crippen molar-refractivity contribution < 1.29 is 4.79 Å². The molecule has 0 aromatic heterocycles. The number of aryl methyl sites for hydroxylation is 1. The molecule has 1 aliphatic rings. The Kier molecular flexibility index (Phi) is 4.02. The molecule has 0 radical (unpaired) electrons. The van der Waals surface area contributed by atoms with E-state index < -0.39 is 5.54 Å². The molecule has 0 bridgehead atoms. The SMILES string of the molecule is CCc1ccccc1NC(=O)C1(N)CCCCC1. The van der Waals surface area contributed by atoms with E-state index in [1.165, 1.54) is 6.42 Å². The second kappa shape index (κ2) is 5.53. The van der Waals surface area contributed by atoms with Gasteiger partial charge in [-0.3, -0.25) is 4.79 Å². The molecule has 0 unspecified atom stereocenters. The maximum absolute atomic E-state index is 12.3. The van der Waals surface area contributed by atoms with Crippen LogP contribution in [0.4, 0.5) is 5.69 Å². The monoisotopic (exact) mass is 246 g/mol. The number of hydrogen-bond donors (Lipinski definition) is 2. The van der Waals surface area contributed by atoms with Crippen LogP contribution >= 0.6 is 0 Å². The van der Waals surface area contributed by atoms with E-state index in [0.717, 1.165) is 43.4 Å². The lowest BCUT2D eigenvalue weighted by molar-refractivity contribution is -0.122. The minimum Gasteiger partial charge on any atom is -0.324 e. The number of amides is 1. The Morgan fingerprint density at radius 1 is 1.28 bits per heavy atom.